The van der Waals surface area contributed by atoms with Gasteiger partial charge in [-0.2, -0.15) is 0 Å². The third kappa shape index (κ3) is 2.54. The zero-order valence-corrected chi connectivity index (χ0v) is 10.0. The quantitative estimate of drug-likeness (QED) is 0.650. The van der Waals surface area contributed by atoms with Gasteiger partial charge in [0.15, 0.2) is 0 Å². The highest BCUT2D eigenvalue weighted by atomic mass is 127. The van der Waals surface area contributed by atoms with Crippen LogP contribution in [0.25, 0.3) is 0 Å². The molecule has 0 aliphatic rings. The van der Waals surface area contributed by atoms with Crippen LogP contribution in [-0.2, 0) is 16.2 Å². The standard InChI is InChI=1S/C6H6INO6S/c8-15(13,14)5-2-3(9)1-4(10)6(5)7(11)12/h1-2,9-10H,(H2,8,13,14). The molecule has 0 saturated heterocycles. The molecule has 1 aromatic rings. The zero-order chi connectivity index (χ0) is 11.8. The van der Waals surface area contributed by atoms with Gasteiger partial charge in [-0.1, -0.05) is 0 Å². The Bertz CT molecular complexity index is 568. The van der Waals surface area contributed by atoms with Crippen molar-refractivity contribution in [2.45, 2.75) is 4.90 Å². The van der Waals surface area contributed by atoms with Gasteiger partial charge in [0.05, 0.1) is 0 Å². The number of benzene rings is 1. The first kappa shape index (κ1) is 12.1. The van der Waals surface area contributed by atoms with Crippen molar-refractivity contribution in [2.24, 2.45) is 5.14 Å². The summed E-state index contributed by atoms with van der Waals surface area (Å²) >= 11 is -4.22. The van der Waals surface area contributed by atoms with Gasteiger partial charge < -0.3 is 10.2 Å². The van der Waals surface area contributed by atoms with Crippen LogP contribution < -0.4 is 5.14 Å². The highest BCUT2D eigenvalue weighted by Gasteiger charge is 2.22. The molecule has 0 aromatic heterocycles. The van der Waals surface area contributed by atoms with Gasteiger partial charge in [-0.25, -0.2) is 19.7 Å². The fraction of sp³-hybridized carbons (Fsp3) is 0. The number of phenols is 2. The normalized spacial score (nSPS) is 11.9. The van der Waals surface area contributed by atoms with Crippen LogP contribution >= 0.6 is 19.8 Å². The summed E-state index contributed by atoms with van der Waals surface area (Å²) in [7, 11) is -4.30. The molecule has 84 valence electrons. The SMILES string of the molecule is NS(=O)(=O)c1cc(O)cc(O)c1I(=O)=O. The molecule has 0 atom stereocenters. The Labute approximate surface area is 91.7 Å². The summed E-state index contributed by atoms with van der Waals surface area (Å²) in [5.74, 6) is -1.41. The van der Waals surface area contributed by atoms with E-state index in [4.69, 9.17) is 15.4 Å². The van der Waals surface area contributed by atoms with Crippen LogP contribution in [0.3, 0.4) is 0 Å². The minimum Gasteiger partial charge on any atom is -0.508 e. The predicted octanol–water partition coefficient (Wildman–Crippen LogP) is 0.112. The lowest BCUT2D eigenvalue weighted by Gasteiger charge is -2.03. The molecule has 1 aromatic carbocycles. The van der Waals surface area contributed by atoms with E-state index in [9.17, 15) is 14.6 Å². The molecular weight excluding hydrogens is 341 g/mol. The van der Waals surface area contributed by atoms with E-state index >= 15 is 0 Å². The second-order valence-electron chi connectivity index (χ2n) is 2.54. The van der Waals surface area contributed by atoms with Gasteiger partial charge in [0.25, 0.3) is 0 Å². The number of rotatable bonds is 2. The number of hydrogen-bond donors (Lipinski definition) is 3. The van der Waals surface area contributed by atoms with Gasteiger partial charge in [-0.3, -0.25) is 0 Å². The van der Waals surface area contributed by atoms with E-state index in [2.05, 4.69) is 0 Å². The Balaban J connectivity index is 3.78. The van der Waals surface area contributed by atoms with Crippen molar-refractivity contribution in [3.8, 4) is 11.5 Å². The van der Waals surface area contributed by atoms with Crippen molar-refractivity contribution in [3.05, 3.63) is 15.7 Å². The summed E-state index contributed by atoms with van der Waals surface area (Å²) in [6.45, 7) is 0. The van der Waals surface area contributed by atoms with Gasteiger partial charge in [0.1, 0.15) is 20.0 Å². The average Bonchev–Trinajstić information content (AvgIpc) is 1.99. The summed E-state index contributed by atoms with van der Waals surface area (Å²) in [6.07, 6.45) is 0. The molecular formula is C6H6INO6S. The van der Waals surface area contributed by atoms with Gasteiger partial charge in [-0.15, -0.1) is 0 Å². The first-order valence-electron chi connectivity index (χ1n) is 3.37. The lowest BCUT2D eigenvalue weighted by atomic mass is 10.3. The van der Waals surface area contributed by atoms with Gasteiger partial charge >= 0.3 is 19.8 Å². The summed E-state index contributed by atoms with van der Waals surface area (Å²) in [5.41, 5.74) is 0. The highest BCUT2D eigenvalue weighted by Crippen LogP contribution is 2.35. The smallest absolute Gasteiger partial charge is 0.346 e. The number of aromatic hydroxyl groups is 2. The van der Waals surface area contributed by atoms with Crippen molar-refractivity contribution in [2.75, 3.05) is 0 Å². The molecule has 0 aliphatic carbocycles. The van der Waals surface area contributed by atoms with E-state index in [1.165, 1.54) is 0 Å². The largest absolute Gasteiger partial charge is 0.508 e. The molecule has 0 saturated carbocycles. The van der Waals surface area contributed by atoms with Crippen molar-refractivity contribution in [1.82, 2.24) is 0 Å². The van der Waals surface area contributed by atoms with E-state index in [0.717, 1.165) is 6.07 Å². The maximum absolute atomic E-state index is 11.0. The first-order valence-corrected chi connectivity index (χ1v) is 7.76. The molecule has 4 N–H and O–H groups in total. The van der Waals surface area contributed by atoms with Gasteiger partial charge in [0, 0.05) is 12.1 Å². The summed E-state index contributed by atoms with van der Waals surface area (Å²) in [4.78, 5) is -0.796. The molecule has 0 heterocycles. The molecule has 7 nitrogen and oxygen atoms in total. The van der Waals surface area contributed by atoms with Gasteiger partial charge in [-0.05, 0) is 0 Å². The molecule has 0 bridgehead atoms. The number of phenolic OH excluding ortho intramolecular Hbond substituents is 2. The van der Waals surface area contributed by atoms with E-state index in [0.29, 0.717) is 6.07 Å². The van der Waals surface area contributed by atoms with Crippen molar-refractivity contribution >= 4 is 29.8 Å². The van der Waals surface area contributed by atoms with Crippen LogP contribution in [0.1, 0.15) is 0 Å². The molecule has 0 radical (unpaired) electrons. The Morgan fingerprint density at radius 1 is 1.20 bits per heavy atom. The van der Waals surface area contributed by atoms with Gasteiger partial charge in [0.2, 0.25) is 10.0 Å². The minimum absolute atomic E-state index is 0.585. The van der Waals surface area contributed by atoms with Crippen LogP contribution in [0.4, 0.5) is 0 Å². The second kappa shape index (κ2) is 3.90. The topological polar surface area (TPSA) is 135 Å². The van der Waals surface area contributed by atoms with Crippen molar-refractivity contribution in [3.63, 3.8) is 0 Å². The number of halogens is 1. The van der Waals surface area contributed by atoms with Crippen molar-refractivity contribution < 1.29 is 24.8 Å². The zero-order valence-electron chi connectivity index (χ0n) is 7.05. The van der Waals surface area contributed by atoms with Crippen LogP contribution in [-0.4, -0.2) is 18.6 Å². The molecule has 15 heavy (non-hydrogen) atoms. The number of sulfonamides is 1. The van der Waals surface area contributed by atoms with E-state index in [1.54, 1.807) is 0 Å². The average molecular weight is 347 g/mol. The number of hydrogen-bond acceptors (Lipinski definition) is 6. The Kier molecular flexibility index (Phi) is 3.16. The van der Waals surface area contributed by atoms with E-state index in [1.807, 2.05) is 0 Å². The second-order valence-corrected chi connectivity index (χ2v) is 6.39. The van der Waals surface area contributed by atoms with Crippen LogP contribution in [0, 0.1) is 3.57 Å². The van der Waals surface area contributed by atoms with E-state index in [-0.39, 0.29) is 0 Å². The minimum atomic E-state index is -4.30. The fourth-order valence-electron chi connectivity index (χ4n) is 0.931. The highest BCUT2D eigenvalue weighted by molar-refractivity contribution is 14.2. The number of primary sulfonamides is 1. The van der Waals surface area contributed by atoms with Crippen LogP contribution in [0.15, 0.2) is 17.0 Å². The fourth-order valence-corrected chi connectivity index (χ4v) is 4.11. The van der Waals surface area contributed by atoms with Crippen LogP contribution in [0.5, 0.6) is 11.5 Å². The lowest BCUT2D eigenvalue weighted by molar-refractivity contribution is 0.443. The molecule has 0 aliphatic heterocycles. The maximum Gasteiger partial charge on any atom is 0.346 e. The summed E-state index contributed by atoms with van der Waals surface area (Å²) in [6, 6.07) is 1.40. The Morgan fingerprint density at radius 3 is 2.13 bits per heavy atom. The van der Waals surface area contributed by atoms with Crippen LogP contribution in [0.2, 0.25) is 0 Å². The van der Waals surface area contributed by atoms with Crippen molar-refractivity contribution in [1.29, 1.82) is 0 Å². The predicted molar refractivity (Wildman–Crippen MR) is 55.2 cm³/mol. The molecule has 0 unspecified atom stereocenters. The molecule has 0 fully saturated rings. The summed E-state index contributed by atoms with van der Waals surface area (Å²) in [5, 5.41) is 22.9. The molecule has 9 heteroatoms. The maximum atomic E-state index is 11.0. The summed E-state index contributed by atoms with van der Waals surface area (Å²) < 4.78 is 42.7. The first-order chi connectivity index (χ1) is 6.73. The Hall–Kier alpha value is -0.940. The molecule has 0 amide bonds. The molecule has 0 spiro atoms. The Morgan fingerprint density at radius 2 is 1.73 bits per heavy atom. The monoisotopic (exact) mass is 347 g/mol. The van der Waals surface area contributed by atoms with E-state index < -0.39 is 49.8 Å². The third-order valence-corrected chi connectivity index (χ3v) is 4.78. The number of nitrogens with two attached hydrogens (primary N) is 1. The molecule has 1 rings (SSSR count). The lowest BCUT2D eigenvalue weighted by Crippen LogP contribution is -2.13. The third-order valence-electron chi connectivity index (χ3n) is 1.47.